The van der Waals surface area contributed by atoms with Crippen LogP contribution in [0.15, 0.2) is 18.7 Å². The maximum Gasteiger partial charge on any atom is 0.175 e. The lowest BCUT2D eigenvalue weighted by molar-refractivity contribution is 0.253. The smallest absolute Gasteiger partial charge is 0.175 e. The number of aliphatic hydroxyl groups excluding tert-OH is 1. The molecule has 2 rings (SSSR count). The van der Waals surface area contributed by atoms with E-state index in [0.29, 0.717) is 5.65 Å². The molecule has 70 valence electrons. The van der Waals surface area contributed by atoms with Crippen LogP contribution in [0.2, 0.25) is 0 Å². The number of aromatic nitrogens is 4. The summed E-state index contributed by atoms with van der Waals surface area (Å²) in [5.74, 6) is 2.59. The molecule has 0 saturated carbocycles. The predicted molar refractivity (Wildman–Crippen MR) is 50.2 cm³/mol. The van der Waals surface area contributed by atoms with Crippen molar-refractivity contribution in [1.82, 2.24) is 19.7 Å². The highest BCUT2D eigenvalue weighted by Gasteiger charge is 2.00. The topological polar surface area (TPSA) is 63.8 Å². The van der Waals surface area contributed by atoms with Crippen LogP contribution in [-0.4, -0.2) is 31.0 Å². The number of hydrogen-bond acceptors (Lipinski definition) is 4. The van der Waals surface area contributed by atoms with Crippen molar-refractivity contribution in [3.63, 3.8) is 0 Å². The molecule has 0 fully saturated rings. The molecule has 1 unspecified atom stereocenters. The van der Waals surface area contributed by atoms with Gasteiger partial charge in [0.2, 0.25) is 0 Å². The first-order valence-electron chi connectivity index (χ1n) is 4.11. The summed E-state index contributed by atoms with van der Waals surface area (Å²) in [6.45, 7) is 1.59. The first-order chi connectivity index (χ1) is 6.77. The van der Waals surface area contributed by atoms with Crippen molar-refractivity contribution >= 4 is 11.0 Å². The van der Waals surface area contributed by atoms with Gasteiger partial charge in [0, 0.05) is 12.2 Å². The third kappa shape index (κ3) is 1.56. The van der Waals surface area contributed by atoms with Gasteiger partial charge in [0.25, 0.3) is 0 Å². The highest BCUT2D eigenvalue weighted by molar-refractivity contribution is 5.73. The highest BCUT2D eigenvalue weighted by Crippen LogP contribution is 2.05. The molecule has 5 heteroatoms. The summed E-state index contributed by atoms with van der Waals surface area (Å²) in [6, 6.07) is 2.68. The minimum atomic E-state index is -0.670. The lowest BCUT2D eigenvalue weighted by Crippen LogP contribution is -1.97. The molecule has 0 aromatic carbocycles. The van der Waals surface area contributed by atoms with Crippen molar-refractivity contribution < 1.29 is 5.11 Å². The number of fused-ring (bicyclic) bond motifs is 1. The van der Waals surface area contributed by atoms with Gasteiger partial charge >= 0.3 is 0 Å². The van der Waals surface area contributed by atoms with Crippen LogP contribution in [0.3, 0.4) is 0 Å². The number of aliphatic hydroxyl groups is 1. The third-order valence-electron chi connectivity index (χ3n) is 1.61. The zero-order chi connectivity index (χ0) is 9.97. The van der Waals surface area contributed by atoms with E-state index in [1.807, 2.05) is 0 Å². The van der Waals surface area contributed by atoms with Crippen molar-refractivity contribution in [2.45, 2.75) is 13.0 Å². The molecule has 2 aromatic heterocycles. The summed E-state index contributed by atoms with van der Waals surface area (Å²) in [4.78, 5) is 7.88. The molecule has 0 amide bonds. The zero-order valence-corrected chi connectivity index (χ0v) is 7.55. The largest absolute Gasteiger partial charge is 0.381 e. The zero-order valence-electron chi connectivity index (χ0n) is 7.55. The SMILES string of the molecule is CC(O)C#Cn1ncc2cncnc21. The van der Waals surface area contributed by atoms with E-state index in [1.54, 1.807) is 19.3 Å². The van der Waals surface area contributed by atoms with E-state index < -0.39 is 6.10 Å². The van der Waals surface area contributed by atoms with Crippen LogP contribution >= 0.6 is 0 Å². The molecule has 0 aliphatic heterocycles. The molecule has 14 heavy (non-hydrogen) atoms. The average molecular weight is 188 g/mol. The van der Waals surface area contributed by atoms with Crippen molar-refractivity contribution in [2.24, 2.45) is 0 Å². The minimum absolute atomic E-state index is 0.646. The van der Waals surface area contributed by atoms with E-state index in [9.17, 15) is 0 Å². The van der Waals surface area contributed by atoms with Gasteiger partial charge in [-0.15, -0.1) is 0 Å². The van der Waals surface area contributed by atoms with Crippen molar-refractivity contribution in [3.05, 3.63) is 18.7 Å². The molecule has 0 bridgehead atoms. The molecule has 2 heterocycles. The van der Waals surface area contributed by atoms with Crippen LogP contribution < -0.4 is 0 Å². The van der Waals surface area contributed by atoms with Crippen LogP contribution in [0.5, 0.6) is 0 Å². The Hall–Kier alpha value is -1.93. The van der Waals surface area contributed by atoms with Gasteiger partial charge in [-0.25, -0.2) is 9.97 Å². The minimum Gasteiger partial charge on any atom is -0.381 e. The highest BCUT2D eigenvalue weighted by atomic mass is 16.3. The lowest BCUT2D eigenvalue weighted by atomic mass is 10.4. The Labute approximate surface area is 80.4 Å². The summed E-state index contributed by atoms with van der Waals surface area (Å²) in [5, 5.41) is 13.8. The Morgan fingerprint density at radius 2 is 2.36 bits per heavy atom. The first-order valence-corrected chi connectivity index (χ1v) is 4.11. The molecular weight excluding hydrogens is 180 g/mol. The van der Waals surface area contributed by atoms with Crippen molar-refractivity contribution in [2.75, 3.05) is 0 Å². The first kappa shape index (κ1) is 8.66. The Morgan fingerprint density at radius 3 is 3.14 bits per heavy atom. The number of hydrogen-bond donors (Lipinski definition) is 1. The van der Waals surface area contributed by atoms with Gasteiger partial charge in [0.05, 0.1) is 11.6 Å². The molecule has 0 aliphatic carbocycles. The van der Waals surface area contributed by atoms with E-state index in [-0.39, 0.29) is 0 Å². The predicted octanol–water partition coefficient (Wildman–Crippen LogP) is 0.0161. The molecule has 2 aromatic rings. The van der Waals surface area contributed by atoms with Gasteiger partial charge in [-0.1, -0.05) is 0 Å². The van der Waals surface area contributed by atoms with E-state index in [4.69, 9.17) is 5.11 Å². The fourth-order valence-electron chi connectivity index (χ4n) is 1.01. The van der Waals surface area contributed by atoms with Crippen molar-refractivity contribution in [1.29, 1.82) is 0 Å². The molecule has 0 spiro atoms. The standard InChI is InChI=1S/C9H8N4O/c1-7(14)2-3-13-9-8(5-12-13)4-10-6-11-9/h4-7,14H,1H3. The van der Waals surface area contributed by atoms with Gasteiger partial charge in [0.15, 0.2) is 5.65 Å². The molecular formula is C9H8N4O. The van der Waals surface area contributed by atoms with Gasteiger partial charge in [-0.3, -0.25) is 0 Å². The number of nitrogens with zero attached hydrogens (tertiary/aromatic N) is 4. The summed E-state index contributed by atoms with van der Waals surface area (Å²) < 4.78 is 1.42. The van der Waals surface area contributed by atoms with E-state index in [2.05, 4.69) is 27.0 Å². The monoisotopic (exact) mass is 188 g/mol. The van der Waals surface area contributed by atoms with Gasteiger partial charge in [0.1, 0.15) is 12.4 Å². The molecule has 0 aliphatic rings. The van der Waals surface area contributed by atoms with E-state index >= 15 is 0 Å². The summed E-state index contributed by atoms with van der Waals surface area (Å²) >= 11 is 0. The van der Waals surface area contributed by atoms with E-state index in [0.717, 1.165) is 5.39 Å². The quantitative estimate of drug-likeness (QED) is 0.592. The summed E-state index contributed by atoms with van der Waals surface area (Å²) in [6.07, 6.45) is 4.06. The molecule has 5 nitrogen and oxygen atoms in total. The normalized spacial score (nSPS) is 12.1. The number of rotatable bonds is 0. The van der Waals surface area contributed by atoms with Gasteiger partial charge in [-0.05, 0) is 12.8 Å². The third-order valence-corrected chi connectivity index (χ3v) is 1.61. The Kier molecular flexibility index (Phi) is 2.13. The van der Waals surface area contributed by atoms with Crippen molar-refractivity contribution in [3.8, 4) is 12.0 Å². The maximum atomic E-state index is 8.98. The summed E-state index contributed by atoms with van der Waals surface area (Å²) in [5.41, 5.74) is 0.646. The second kappa shape index (κ2) is 3.44. The molecule has 0 saturated heterocycles. The van der Waals surface area contributed by atoms with Crippen LogP contribution in [-0.2, 0) is 0 Å². The molecule has 0 radical (unpaired) electrons. The van der Waals surface area contributed by atoms with Crippen LogP contribution in [0, 0.1) is 12.0 Å². The summed E-state index contributed by atoms with van der Waals surface area (Å²) in [7, 11) is 0. The van der Waals surface area contributed by atoms with E-state index in [1.165, 1.54) is 11.0 Å². The fraction of sp³-hybridized carbons (Fsp3) is 0.222. The Bertz CT molecular complexity index is 506. The second-order valence-electron chi connectivity index (χ2n) is 2.79. The fourth-order valence-corrected chi connectivity index (χ4v) is 1.01. The second-order valence-corrected chi connectivity index (χ2v) is 2.79. The van der Waals surface area contributed by atoms with Gasteiger partial charge in [-0.2, -0.15) is 9.78 Å². The molecule has 1 N–H and O–H groups in total. The van der Waals surface area contributed by atoms with Crippen LogP contribution in [0.4, 0.5) is 0 Å². The Morgan fingerprint density at radius 1 is 1.50 bits per heavy atom. The van der Waals surface area contributed by atoms with Crippen LogP contribution in [0.1, 0.15) is 6.92 Å². The van der Waals surface area contributed by atoms with Crippen LogP contribution in [0.25, 0.3) is 11.0 Å². The van der Waals surface area contributed by atoms with Gasteiger partial charge < -0.3 is 5.11 Å². The molecule has 1 atom stereocenters. The lowest BCUT2D eigenvalue weighted by Gasteiger charge is -1.90. The Balaban J connectivity index is 2.50. The average Bonchev–Trinajstić information content (AvgIpc) is 2.58. The maximum absolute atomic E-state index is 8.98.